The molecule has 1 saturated heterocycles. The average Bonchev–Trinajstić information content (AvgIpc) is 2.68. The Balaban J connectivity index is 1.95. The predicted octanol–water partition coefficient (Wildman–Crippen LogP) is 2.37. The summed E-state index contributed by atoms with van der Waals surface area (Å²) in [5.74, 6) is 0.483. The van der Waals surface area contributed by atoms with Gasteiger partial charge in [0.05, 0.1) is 6.10 Å². The zero-order valence-electron chi connectivity index (χ0n) is 8.55. The van der Waals surface area contributed by atoms with Crippen LogP contribution in [-0.4, -0.2) is 18.5 Å². The lowest BCUT2D eigenvalue weighted by Crippen LogP contribution is -2.21. The van der Waals surface area contributed by atoms with E-state index in [-0.39, 0.29) is 24.0 Å². The summed E-state index contributed by atoms with van der Waals surface area (Å²) < 4.78 is 5.88. The quantitative estimate of drug-likeness (QED) is 0.651. The Morgan fingerprint density at radius 1 is 1.31 bits per heavy atom. The van der Waals surface area contributed by atoms with Crippen LogP contribution in [0.3, 0.4) is 0 Å². The highest BCUT2D eigenvalue weighted by atomic mass is 35.5. The van der Waals surface area contributed by atoms with Crippen molar-refractivity contribution in [1.29, 1.82) is 0 Å². The van der Waals surface area contributed by atoms with Gasteiger partial charge in [-0.2, -0.15) is 0 Å². The smallest absolute Gasteiger partial charge is 0.149 e. The van der Waals surface area contributed by atoms with Crippen molar-refractivity contribution in [2.45, 2.75) is 12.2 Å². The Bertz CT molecular complexity index is 445. The van der Waals surface area contributed by atoms with Gasteiger partial charge in [0.1, 0.15) is 12.4 Å². The van der Waals surface area contributed by atoms with E-state index in [2.05, 4.69) is 6.08 Å². The van der Waals surface area contributed by atoms with Crippen molar-refractivity contribution in [1.82, 2.24) is 0 Å². The minimum atomic E-state index is -0.0476. The van der Waals surface area contributed by atoms with E-state index in [0.717, 1.165) is 16.9 Å². The fourth-order valence-electron chi connectivity index (χ4n) is 2.56. The van der Waals surface area contributed by atoms with E-state index < -0.39 is 0 Å². The molecule has 0 saturated carbocycles. The Morgan fingerprint density at radius 3 is 3.00 bits per heavy atom. The summed E-state index contributed by atoms with van der Waals surface area (Å²) in [6, 6.07) is 0. The summed E-state index contributed by atoms with van der Waals surface area (Å²) in [7, 11) is 0. The number of carbonyl (C=O) groups is 1. The molecule has 2 nitrogen and oxygen atoms in total. The second-order valence-corrected chi connectivity index (χ2v) is 4.69. The zero-order valence-corrected chi connectivity index (χ0v) is 9.30. The van der Waals surface area contributed by atoms with Crippen molar-refractivity contribution in [3.8, 4) is 0 Å². The molecule has 0 aromatic heterocycles. The predicted molar refractivity (Wildman–Crippen MR) is 62.0 cm³/mol. The first-order valence-electron chi connectivity index (χ1n) is 5.34. The fourth-order valence-corrected chi connectivity index (χ4v) is 2.83. The maximum absolute atomic E-state index is 10.8. The van der Waals surface area contributed by atoms with Gasteiger partial charge in [0.25, 0.3) is 0 Å². The molecular formula is C13H11ClO2. The molecule has 0 amide bonds. The zero-order chi connectivity index (χ0) is 11.1. The maximum Gasteiger partial charge on any atom is 0.149 e. The Labute approximate surface area is 98.9 Å². The van der Waals surface area contributed by atoms with Gasteiger partial charge >= 0.3 is 0 Å². The summed E-state index contributed by atoms with van der Waals surface area (Å²) in [5, 5.41) is 0.747. The Morgan fingerprint density at radius 2 is 2.19 bits per heavy atom. The van der Waals surface area contributed by atoms with Crippen molar-refractivity contribution < 1.29 is 9.53 Å². The highest BCUT2D eigenvalue weighted by Gasteiger charge is 2.43. The van der Waals surface area contributed by atoms with Gasteiger partial charge < -0.3 is 4.74 Å². The minimum Gasteiger partial charge on any atom is -0.364 e. The van der Waals surface area contributed by atoms with E-state index in [0.29, 0.717) is 0 Å². The summed E-state index contributed by atoms with van der Waals surface area (Å²) in [6.45, 7) is 0. The fraction of sp³-hybridized carbons (Fsp3) is 0.308. The lowest BCUT2D eigenvalue weighted by Gasteiger charge is -2.21. The topological polar surface area (TPSA) is 26.3 Å². The van der Waals surface area contributed by atoms with E-state index in [9.17, 15) is 4.79 Å². The number of hydrogen-bond acceptors (Lipinski definition) is 2. The molecule has 4 atom stereocenters. The molecule has 0 radical (unpaired) electrons. The van der Waals surface area contributed by atoms with E-state index in [1.165, 1.54) is 0 Å². The third-order valence-corrected chi connectivity index (χ3v) is 3.68. The molecule has 82 valence electrons. The summed E-state index contributed by atoms with van der Waals surface area (Å²) >= 11 is 6.12. The van der Waals surface area contributed by atoms with Gasteiger partial charge in [0, 0.05) is 22.4 Å². The number of halogens is 1. The second kappa shape index (κ2) is 3.72. The first-order valence-corrected chi connectivity index (χ1v) is 5.72. The van der Waals surface area contributed by atoms with Crippen LogP contribution >= 0.6 is 11.6 Å². The summed E-state index contributed by atoms with van der Waals surface area (Å²) in [4.78, 5) is 10.8. The molecule has 3 heteroatoms. The van der Waals surface area contributed by atoms with E-state index in [4.69, 9.17) is 16.3 Å². The van der Waals surface area contributed by atoms with Crippen LogP contribution in [0.1, 0.15) is 0 Å². The normalized spacial score (nSPS) is 39.8. The molecule has 0 aromatic carbocycles. The van der Waals surface area contributed by atoms with Gasteiger partial charge in [-0.1, -0.05) is 42.0 Å². The van der Waals surface area contributed by atoms with Gasteiger partial charge in [-0.25, -0.2) is 0 Å². The van der Waals surface area contributed by atoms with Crippen LogP contribution in [0.25, 0.3) is 0 Å². The summed E-state index contributed by atoms with van der Waals surface area (Å²) in [6.07, 6.45) is 12.6. The third-order valence-electron chi connectivity index (χ3n) is 3.34. The van der Waals surface area contributed by atoms with Crippen LogP contribution in [0.2, 0.25) is 0 Å². The number of carbonyl (C=O) groups excluding carboxylic acids is 1. The molecule has 3 rings (SSSR count). The van der Waals surface area contributed by atoms with Crippen molar-refractivity contribution in [2.24, 2.45) is 11.8 Å². The van der Waals surface area contributed by atoms with Crippen molar-refractivity contribution in [2.75, 3.05) is 0 Å². The molecule has 4 unspecified atom stereocenters. The van der Waals surface area contributed by atoms with E-state index in [1.807, 2.05) is 30.4 Å². The van der Waals surface area contributed by atoms with Crippen molar-refractivity contribution in [3.63, 3.8) is 0 Å². The average molecular weight is 235 g/mol. The van der Waals surface area contributed by atoms with Gasteiger partial charge in [-0.15, -0.1) is 0 Å². The molecular weight excluding hydrogens is 224 g/mol. The molecule has 0 spiro atoms. The minimum absolute atomic E-state index is 0.0450. The Kier molecular flexibility index (Phi) is 2.34. The highest BCUT2D eigenvalue weighted by molar-refractivity contribution is 6.30. The van der Waals surface area contributed by atoms with Gasteiger partial charge in [0.15, 0.2) is 0 Å². The largest absolute Gasteiger partial charge is 0.364 e. The molecule has 1 fully saturated rings. The lowest BCUT2D eigenvalue weighted by atomic mass is 9.81. The Hall–Kier alpha value is -1.12. The molecule has 0 aromatic rings. The molecule has 1 aliphatic heterocycles. The van der Waals surface area contributed by atoms with Crippen LogP contribution in [0.5, 0.6) is 0 Å². The molecule has 1 heterocycles. The number of aldehydes is 1. The molecule has 0 bridgehead atoms. The van der Waals surface area contributed by atoms with E-state index in [1.54, 1.807) is 0 Å². The monoisotopic (exact) mass is 234 g/mol. The lowest BCUT2D eigenvalue weighted by molar-refractivity contribution is -0.104. The van der Waals surface area contributed by atoms with E-state index >= 15 is 0 Å². The van der Waals surface area contributed by atoms with Crippen LogP contribution < -0.4 is 0 Å². The maximum atomic E-state index is 10.8. The highest BCUT2D eigenvalue weighted by Crippen LogP contribution is 2.43. The first kappa shape index (κ1) is 10.1. The van der Waals surface area contributed by atoms with Gasteiger partial charge in [-0.05, 0) is 6.08 Å². The van der Waals surface area contributed by atoms with Crippen molar-refractivity contribution >= 4 is 17.9 Å². The van der Waals surface area contributed by atoms with Crippen LogP contribution in [-0.2, 0) is 9.53 Å². The number of rotatable bonds is 1. The second-order valence-electron chi connectivity index (χ2n) is 4.26. The number of ether oxygens (including phenoxy) is 1. The molecule has 2 aliphatic carbocycles. The standard InChI is InChI=1S/C13H11ClO2/c14-11-3-1-2-9-10-6-8(7-15)4-5-12(10)16-13(9)11/h1-7,9-10,12-13H. The molecule has 3 aliphatic rings. The van der Waals surface area contributed by atoms with Gasteiger partial charge in [-0.3, -0.25) is 4.79 Å². The molecule has 0 N–H and O–H groups in total. The van der Waals surface area contributed by atoms with Gasteiger partial charge in [0.2, 0.25) is 0 Å². The summed E-state index contributed by atoms with van der Waals surface area (Å²) in [5.41, 5.74) is 0.726. The van der Waals surface area contributed by atoms with Crippen LogP contribution in [0.4, 0.5) is 0 Å². The van der Waals surface area contributed by atoms with Crippen molar-refractivity contribution in [3.05, 3.63) is 47.1 Å². The van der Waals surface area contributed by atoms with Crippen LogP contribution in [0.15, 0.2) is 47.1 Å². The third kappa shape index (κ3) is 1.41. The number of hydrogen-bond donors (Lipinski definition) is 0. The molecule has 16 heavy (non-hydrogen) atoms. The van der Waals surface area contributed by atoms with Crippen LogP contribution in [0, 0.1) is 11.8 Å². The first-order chi connectivity index (χ1) is 7.79. The number of fused-ring (bicyclic) bond motifs is 3. The number of allylic oxidation sites excluding steroid dienone is 4. The SMILES string of the molecule is O=CC1=CC2C(C=C1)OC1C(Cl)=CC=CC12.